The molecule has 120 valence electrons. The first-order valence-corrected chi connectivity index (χ1v) is 9.29. The quantitative estimate of drug-likeness (QED) is 0.717. The summed E-state index contributed by atoms with van der Waals surface area (Å²) in [6.45, 7) is 1.93. The predicted octanol–water partition coefficient (Wildman–Crippen LogP) is 4.97. The van der Waals surface area contributed by atoms with Gasteiger partial charge in [-0.1, -0.05) is 48.3 Å². The Balaban J connectivity index is 1.98. The zero-order valence-corrected chi connectivity index (χ0v) is 14.6. The maximum absolute atomic E-state index is 8.99. The van der Waals surface area contributed by atoms with E-state index in [1.165, 1.54) is 12.8 Å². The lowest BCUT2D eigenvalue weighted by molar-refractivity contribution is 0.485. The summed E-state index contributed by atoms with van der Waals surface area (Å²) in [4.78, 5) is 0. The summed E-state index contributed by atoms with van der Waals surface area (Å²) in [5.74, 6) is 1.57. The van der Waals surface area contributed by atoms with Gasteiger partial charge in [-0.25, -0.2) is 0 Å². The standard InChI is InChI=1S/C17H19ClN4S/c1-12(10-19)11-23-17-21-20-16(14-8-4-5-9-15(14)18)22(17)13-6-2-3-7-13/h4-5,8-9,12-13H,2-3,6-7,11H2,1H3/t12-/m0/s1. The van der Waals surface area contributed by atoms with E-state index < -0.39 is 0 Å². The van der Waals surface area contributed by atoms with Crippen molar-refractivity contribution in [3.8, 4) is 17.5 Å². The average Bonchev–Trinajstić information content (AvgIpc) is 3.22. The normalized spacial score (nSPS) is 16.4. The maximum Gasteiger partial charge on any atom is 0.191 e. The largest absolute Gasteiger partial charge is 0.299 e. The van der Waals surface area contributed by atoms with Crippen molar-refractivity contribution in [2.24, 2.45) is 5.92 Å². The molecule has 0 radical (unpaired) electrons. The zero-order chi connectivity index (χ0) is 16.2. The molecule has 4 nitrogen and oxygen atoms in total. The molecule has 0 bridgehead atoms. The van der Waals surface area contributed by atoms with Gasteiger partial charge in [-0.15, -0.1) is 10.2 Å². The van der Waals surface area contributed by atoms with Gasteiger partial charge in [0.05, 0.1) is 17.0 Å². The second kappa shape index (κ2) is 7.37. The van der Waals surface area contributed by atoms with E-state index in [0.717, 1.165) is 35.1 Å². The molecule has 1 saturated carbocycles. The molecule has 0 spiro atoms. The van der Waals surface area contributed by atoms with Crippen LogP contribution in [0, 0.1) is 17.2 Å². The van der Waals surface area contributed by atoms with Gasteiger partial charge in [0.1, 0.15) is 0 Å². The summed E-state index contributed by atoms with van der Waals surface area (Å²) in [6.07, 6.45) is 4.78. The van der Waals surface area contributed by atoms with Crippen molar-refractivity contribution in [1.82, 2.24) is 14.8 Å². The molecule has 0 N–H and O–H groups in total. The fraction of sp³-hybridized carbons (Fsp3) is 0.471. The van der Waals surface area contributed by atoms with Crippen LogP contribution < -0.4 is 0 Å². The Labute approximate surface area is 145 Å². The fourth-order valence-corrected chi connectivity index (χ4v) is 4.10. The van der Waals surface area contributed by atoms with E-state index in [0.29, 0.717) is 11.1 Å². The SMILES string of the molecule is C[C@@H](C#N)CSc1nnc(-c2ccccc2Cl)n1C1CCCC1. The first kappa shape index (κ1) is 16.4. The van der Waals surface area contributed by atoms with Crippen LogP contribution in [0.1, 0.15) is 38.6 Å². The topological polar surface area (TPSA) is 54.5 Å². The van der Waals surface area contributed by atoms with Crippen LogP contribution >= 0.6 is 23.4 Å². The molecule has 1 aromatic heterocycles. The summed E-state index contributed by atoms with van der Waals surface area (Å²) < 4.78 is 2.24. The van der Waals surface area contributed by atoms with Gasteiger partial charge in [-0.05, 0) is 31.9 Å². The van der Waals surface area contributed by atoms with Crippen molar-refractivity contribution in [3.05, 3.63) is 29.3 Å². The van der Waals surface area contributed by atoms with Gasteiger partial charge in [0, 0.05) is 17.4 Å². The molecule has 1 heterocycles. The molecule has 1 aliphatic rings. The Morgan fingerprint density at radius 3 is 2.78 bits per heavy atom. The smallest absolute Gasteiger partial charge is 0.191 e. The molecule has 0 unspecified atom stereocenters. The van der Waals surface area contributed by atoms with E-state index in [4.69, 9.17) is 16.9 Å². The van der Waals surface area contributed by atoms with Crippen LogP contribution in [-0.4, -0.2) is 20.5 Å². The third-order valence-electron chi connectivity index (χ3n) is 4.15. The summed E-state index contributed by atoms with van der Waals surface area (Å²) in [6, 6.07) is 10.5. The van der Waals surface area contributed by atoms with Gasteiger partial charge in [-0.3, -0.25) is 4.57 Å². The Hall–Kier alpha value is -1.51. The highest BCUT2D eigenvalue weighted by molar-refractivity contribution is 7.99. The number of rotatable bonds is 5. The molecule has 23 heavy (non-hydrogen) atoms. The van der Waals surface area contributed by atoms with E-state index >= 15 is 0 Å². The molecule has 3 rings (SSSR count). The van der Waals surface area contributed by atoms with Crippen LogP contribution in [0.5, 0.6) is 0 Å². The molecular weight excluding hydrogens is 328 g/mol. The predicted molar refractivity (Wildman–Crippen MR) is 93.5 cm³/mol. The number of halogens is 1. The lowest BCUT2D eigenvalue weighted by atomic mass is 10.2. The van der Waals surface area contributed by atoms with Gasteiger partial charge < -0.3 is 0 Å². The Morgan fingerprint density at radius 2 is 2.09 bits per heavy atom. The minimum absolute atomic E-state index is 0.00232. The van der Waals surface area contributed by atoms with Gasteiger partial charge in [0.25, 0.3) is 0 Å². The Kier molecular flexibility index (Phi) is 5.24. The lowest BCUT2D eigenvalue weighted by Gasteiger charge is -2.17. The van der Waals surface area contributed by atoms with Crippen molar-refractivity contribution < 1.29 is 0 Å². The fourth-order valence-electron chi connectivity index (χ4n) is 2.93. The number of nitriles is 1. The molecule has 0 saturated heterocycles. The van der Waals surface area contributed by atoms with Crippen LogP contribution in [0.4, 0.5) is 0 Å². The number of thioether (sulfide) groups is 1. The first-order chi connectivity index (χ1) is 11.2. The highest BCUT2D eigenvalue weighted by Gasteiger charge is 2.25. The van der Waals surface area contributed by atoms with E-state index in [1.54, 1.807) is 11.8 Å². The summed E-state index contributed by atoms with van der Waals surface area (Å²) in [5.41, 5.74) is 0.925. The van der Waals surface area contributed by atoms with E-state index in [2.05, 4.69) is 20.8 Å². The number of benzene rings is 1. The molecule has 1 aromatic carbocycles. The van der Waals surface area contributed by atoms with Gasteiger partial charge in [0.15, 0.2) is 11.0 Å². The zero-order valence-electron chi connectivity index (χ0n) is 13.1. The van der Waals surface area contributed by atoms with E-state index in [-0.39, 0.29) is 5.92 Å². The molecule has 1 fully saturated rings. The average molecular weight is 347 g/mol. The first-order valence-electron chi connectivity index (χ1n) is 7.93. The molecular formula is C17H19ClN4S. The summed E-state index contributed by atoms with van der Waals surface area (Å²) >= 11 is 7.98. The molecule has 0 amide bonds. The Morgan fingerprint density at radius 1 is 1.35 bits per heavy atom. The van der Waals surface area contributed by atoms with Gasteiger partial charge in [0.2, 0.25) is 0 Å². The Bertz CT molecular complexity index is 716. The third-order valence-corrected chi connectivity index (χ3v) is 5.68. The number of hydrogen-bond acceptors (Lipinski definition) is 4. The monoisotopic (exact) mass is 346 g/mol. The van der Waals surface area contributed by atoms with Gasteiger partial charge in [-0.2, -0.15) is 5.26 Å². The molecule has 1 atom stereocenters. The molecule has 2 aromatic rings. The van der Waals surface area contributed by atoms with Gasteiger partial charge >= 0.3 is 0 Å². The maximum atomic E-state index is 8.99. The van der Waals surface area contributed by atoms with Crippen molar-refractivity contribution in [1.29, 1.82) is 5.26 Å². The lowest BCUT2D eigenvalue weighted by Crippen LogP contribution is -2.09. The van der Waals surface area contributed by atoms with E-state index in [1.807, 2.05) is 31.2 Å². The minimum Gasteiger partial charge on any atom is -0.299 e. The number of nitrogens with zero attached hydrogens (tertiary/aromatic N) is 4. The van der Waals surface area contributed by atoms with Crippen LogP contribution in [0.2, 0.25) is 5.02 Å². The molecule has 0 aliphatic heterocycles. The third kappa shape index (κ3) is 3.54. The van der Waals surface area contributed by atoms with Crippen LogP contribution in [-0.2, 0) is 0 Å². The molecule has 1 aliphatic carbocycles. The van der Waals surface area contributed by atoms with Crippen LogP contribution in [0.3, 0.4) is 0 Å². The van der Waals surface area contributed by atoms with Crippen LogP contribution in [0.25, 0.3) is 11.4 Å². The second-order valence-electron chi connectivity index (χ2n) is 5.94. The minimum atomic E-state index is -0.00232. The second-order valence-corrected chi connectivity index (χ2v) is 7.33. The van der Waals surface area contributed by atoms with Crippen molar-refractivity contribution in [2.75, 3.05) is 5.75 Å². The highest BCUT2D eigenvalue weighted by Crippen LogP contribution is 2.38. The van der Waals surface area contributed by atoms with E-state index in [9.17, 15) is 0 Å². The summed E-state index contributed by atoms with van der Waals surface area (Å²) in [5, 5.41) is 19.4. The van der Waals surface area contributed by atoms with Crippen molar-refractivity contribution in [3.63, 3.8) is 0 Å². The molecule has 6 heteroatoms. The summed E-state index contributed by atoms with van der Waals surface area (Å²) in [7, 11) is 0. The number of aromatic nitrogens is 3. The van der Waals surface area contributed by atoms with Crippen molar-refractivity contribution >= 4 is 23.4 Å². The highest BCUT2D eigenvalue weighted by atomic mass is 35.5. The van der Waals surface area contributed by atoms with Crippen molar-refractivity contribution in [2.45, 2.75) is 43.8 Å². The van der Waals surface area contributed by atoms with Crippen LogP contribution in [0.15, 0.2) is 29.4 Å². The number of hydrogen-bond donors (Lipinski definition) is 0.